The van der Waals surface area contributed by atoms with Crippen molar-refractivity contribution >= 4 is 11.6 Å². The van der Waals surface area contributed by atoms with Crippen LogP contribution in [0.5, 0.6) is 0 Å². The molecular formula is C20H16N4O4. The Balaban J connectivity index is 1.71. The van der Waals surface area contributed by atoms with Crippen LogP contribution >= 0.6 is 0 Å². The highest BCUT2D eigenvalue weighted by atomic mass is 16.3. The van der Waals surface area contributed by atoms with Crippen molar-refractivity contribution in [2.75, 3.05) is 5.32 Å². The monoisotopic (exact) mass is 376 g/mol. The fraction of sp³-hybridized carbons (Fsp3) is 0.200. The van der Waals surface area contributed by atoms with Crippen molar-refractivity contribution < 1.29 is 9.21 Å². The van der Waals surface area contributed by atoms with Crippen molar-refractivity contribution in [1.82, 2.24) is 15.0 Å². The summed E-state index contributed by atoms with van der Waals surface area (Å²) in [6.45, 7) is 0. The van der Waals surface area contributed by atoms with Gasteiger partial charge in [-0.1, -0.05) is 6.07 Å². The summed E-state index contributed by atoms with van der Waals surface area (Å²) in [7, 11) is 0. The number of hydrogen-bond donors (Lipinski definition) is 3. The van der Waals surface area contributed by atoms with Gasteiger partial charge < -0.3 is 9.73 Å². The van der Waals surface area contributed by atoms with Crippen molar-refractivity contribution in [2.45, 2.75) is 24.7 Å². The van der Waals surface area contributed by atoms with Gasteiger partial charge in [0.05, 0.1) is 11.8 Å². The minimum absolute atomic E-state index is 0.0553. The highest BCUT2D eigenvalue weighted by Gasteiger charge is 2.40. The molecule has 3 aromatic heterocycles. The first-order valence-electron chi connectivity index (χ1n) is 8.95. The molecule has 0 fully saturated rings. The molecule has 2 aliphatic rings. The van der Waals surface area contributed by atoms with Crippen LogP contribution in [-0.2, 0) is 4.79 Å². The summed E-state index contributed by atoms with van der Waals surface area (Å²) in [4.78, 5) is 46.7. The lowest BCUT2D eigenvalue weighted by Crippen LogP contribution is -2.37. The Labute approximate surface area is 158 Å². The molecule has 3 aromatic rings. The second-order valence-electron chi connectivity index (χ2n) is 6.98. The number of carbonyl (C=O) groups excluding carboxylic acids is 1. The van der Waals surface area contributed by atoms with Gasteiger partial charge in [-0.15, -0.1) is 0 Å². The molecule has 0 radical (unpaired) electrons. The Hall–Kier alpha value is -3.68. The lowest BCUT2D eigenvalue weighted by Gasteiger charge is -2.34. The Kier molecular flexibility index (Phi) is 3.65. The van der Waals surface area contributed by atoms with Crippen molar-refractivity contribution in [3.8, 4) is 0 Å². The number of pyridine rings is 1. The number of H-pyrrole nitrogens is 2. The first-order valence-corrected chi connectivity index (χ1v) is 8.95. The van der Waals surface area contributed by atoms with Gasteiger partial charge in [-0.2, -0.15) is 0 Å². The molecule has 28 heavy (non-hydrogen) atoms. The smallest absolute Gasteiger partial charge is 0.327 e. The summed E-state index contributed by atoms with van der Waals surface area (Å²) in [5.74, 6) is 0.309. The molecule has 0 saturated carbocycles. The zero-order chi connectivity index (χ0) is 19.3. The number of hydrogen-bond acceptors (Lipinski definition) is 6. The number of nitrogens with zero attached hydrogens (tertiary/aromatic N) is 1. The highest BCUT2D eigenvalue weighted by molar-refractivity contribution is 6.01. The lowest BCUT2D eigenvalue weighted by molar-refractivity contribution is -0.116. The van der Waals surface area contributed by atoms with E-state index < -0.39 is 17.2 Å². The van der Waals surface area contributed by atoms with Crippen LogP contribution in [-0.4, -0.2) is 20.7 Å². The van der Waals surface area contributed by atoms with Gasteiger partial charge in [0.2, 0.25) is 0 Å². The predicted octanol–water partition coefficient (Wildman–Crippen LogP) is 2.01. The van der Waals surface area contributed by atoms with Crippen molar-refractivity contribution in [1.29, 1.82) is 0 Å². The second-order valence-corrected chi connectivity index (χ2v) is 6.98. The Morgan fingerprint density at radius 3 is 2.71 bits per heavy atom. The number of anilines is 1. The minimum atomic E-state index is -0.602. The van der Waals surface area contributed by atoms with Crippen molar-refractivity contribution in [3.63, 3.8) is 0 Å². The van der Waals surface area contributed by atoms with E-state index in [2.05, 4.69) is 20.3 Å². The molecule has 0 amide bonds. The summed E-state index contributed by atoms with van der Waals surface area (Å²) in [5, 5.41) is 3.12. The van der Waals surface area contributed by atoms with Crippen LogP contribution < -0.4 is 16.6 Å². The molecule has 1 aliphatic heterocycles. The van der Waals surface area contributed by atoms with E-state index in [0.29, 0.717) is 35.5 Å². The average molecular weight is 376 g/mol. The Morgan fingerprint density at radius 2 is 1.96 bits per heavy atom. The number of furan rings is 1. The molecule has 8 heteroatoms. The van der Waals surface area contributed by atoms with Crippen LogP contribution in [0.25, 0.3) is 0 Å². The maximum absolute atomic E-state index is 13.2. The van der Waals surface area contributed by atoms with E-state index in [-0.39, 0.29) is 11.7 Å². The number of carbonyl (C=O) groups is 1. The standard InChI is InChI=1S/C20H16N4O4/c25-13-8-11(14-4-2-6-28-14)7-12-16(13)15(10-3-1-5-21-9-10)17-18(22-12)23-20(27)24-19(17)26/h1-6,9,11,15H,7-8H2,(H3,22,23,24,26,27)/t11-,15-/m0/s1. The quantitative estimate of drug-likeness (QED) is 0.629. The normalized spacial score (nSPS) is 21.1. The number of aromatic nitrogens is 3. The summed E-state index contributed by atoms with van der Waals surface area (Å²) < 4.78 is 5.49. The van der Waals surface area contributed by atoms with Crippen LogP contribution in [0.15, 0.2) is 68.2 Å². The number of ketones is 1. The van der Waals surface area contributed by atoms with Gasteiger partial charge in [0, 0.05) is 41.9 Å². The maximum Gasteiger partial charge on any atom is 0.327 e. The van der Waals surface area contributed by atoms with E-state index in [0.717, 1.165) is 11.3 Å². The zero-order valence-corrected chi connectivity index (χ0v) is 14.7. The lowest BCUT2D eigenvalue weighted by atomic mass is 9.74. The predicted molar refractivity (Wildman–Crippen MR) is 100 cm³/mol. The first-order chi connectivity index (χ1) is 13.6. The topological polar surface area (TPSA) is 121 Å². The van der Waals surface area contributed by atoms with Crippen molar-refractivity contribution in [2.24, 2.45) is 0 Å². The number of rotatable bonds is 2. The molecule has 8 nitrogen and oxygen atoms in total. The van der Waals surface area contributed by atoms with Gasteiger partial charge >= 0.3 is 5.69 Å². The maximum atomic E-state index is 13.2. The van der Waals surface area contributed by atoms with E-state index in [4.69, 9.17) is 4.42 Å². The summed E-state index contributed by atoms with van der Waals surface area (Å²) in [5.41, 5.74) is 1.15. The molecular weight excluding hydrogens is 360 g/mol. The second kappa shape index (κ2) is 6.19. The van der Waals surface area contributed by atoms with Gasteiger partial charge in [0.1, 0.15) is 11.6 Å². The molecule has 140 valence electrons. The van der Waals surface area contributed by atoms with Gasteiger partial charge in [-0.3, -0.25) is 24.5 Å². The number of allylic oxidation sites excluding steroid dienone is 2. The molecule has 0 aromatic carbocycles. The van der Waals surface area contributed by atoms with Gasteiger partial charge in [-0.05, 0) is 30.2 Å². The van der Waals surface area contributed by atoms with E-state index in [1.165, 1.54) is 0 Å². The SMILES string of the molecule is O=C1C[C@@H](c2ccco2)CC2=C1[C@H](c1cccnc1)c1c([nH]c(=O)[nH]c1=O)N2. The summed E-state index contributed by atoms with van der Waals surface area (Å²) in [6, 6.07) is 7.23. The third kappa shape index (κ3) is 2.53. The molecule has 4 heterocycles. The van der Waals surface area contributed by atoms with Crippen LogP contribution in [0.2, 0.25) is 0 Å². The number of fused-ring (bicyclic) bond motifs is 1. The van der Waals surface area contributed by atoms with Gasteiger partial charge in [0.15, 0.2) is 5.78 Å². The summed E-state index contributed by atoms with van der Waals surface area (Å²) >= 11 is 0. The Morgan fingerprint density at radius 1 is 1.07 bits per heavy atom. The molecule has 0 bridgehead atoms. The van der Waals surface area contributed by atoms with Crippen LogP contribution in [0, 0.1) is 0 Å². The average Bonchev–Trinajstić information content (AvgIpc) is 3.21. The molecule has 0 saturated heterocycles. The van der Waals surface area contributed by atoms with E-state index in [9.17, 15) is 14.4 Å². The molecule has 5 rings (SSSR count). The first kappa shape index (κ1) is 16.5. The molecule has 3 N–H and O–H groups in total. The van der Waals surface area contributed by atoms with Crippen molar-refractivity contribution in [3.05, 3.63) is 91.9 Å². The highest BCUT2D eigenvalue weighted by Crippen LogP contribution is 2.45. The molecule has 1 aliphatic carbocycles. The largest absolute Gasteiger partial charge is 0.469 e. The van der Waals surface area contributed by atoms with Gasteiger partial charge in [0.25, 0.3) is 5.56 Å². The van der Waals surface area contributed by atoms with Crippen LogP contribution in [0.3, 0.4) is 0 Å². The minimum Gasteiger partial charge on any atom is -0.469 e. The van der Waals surface area contributed by atoms with Crippen LogP contribution in [0.4, 0.5) is 5.82 Å². The molecule has 0 unspecified atom stereocenters. The Bertz CT molecular complexity index is 1210. The zero-order valence-electron chi connectivity index (χ0n) is 14.7. The van der Waals surface area contributed by atoms with E-state index >= 15 is 0 Å². The van der Waals surface area contributed by atoms with E-state index in [1.54, 1.807) is 30.8 Å². The third-order valence-corrected chi connectivity index (χ3v) is 5.30. The summed E-state index contributed by atoms with van der Waals surface area (Å²) in [6.07, 6.45) is 5.69. The molecule has 0 spiro atoms. The third-order valence-electron chi connectivity index (χ3n) is 5.30. The molecule has 2 atom stereocenters. The fourth-order valence-corrected chi connectivity index (χ4v) is 4.15. The van der Waals surface area contributed by atoms with E-state index in [1.807, 2.05) is 12.1 Å². The van der Waals surface area contributed by atoms with Crippen LogP contribution in [0.1, 0.15) is 41.6 Å². The van der Waals surface area contributed by atoms with Gasteiger partial charge in [-0.25, -0.2) is 4.79 Å². The fourth-order valence-electron chi connectivity index (χ4n) is 4.15. The number of nitrogens with one attached hydrogen (secondary N) is 3. The number of Topliss-reactive ketones (excluding diaryl/α,β-unsaturated/α-hetero) is 1. The number of aromatic amines is 2.